The minimum Gasteiger partial charge on any atom is -0.481 e. The molecule has 1 unspecified atom stereocenters. The van der Waals surface area contributed by atoms with Crippen LogP contribution in [0.5, 0.6) is 0 Å². The van der Waals surface area contributed by atoms with Crippen LogP contribution in [0.4, 0.5) is 11.4 Å². The summed E-state index contributed by atoms with van der Waals surface area (Å²) in [5.41, 5.74) is 3.09. The number of hydrogen-bond acceptors (Lipinski definition) is 3. The number of aliphatic carboxylic acids is 1. The third kappa shape index (κ3) is 4.39. The Bertz CT molecular complexity index is 890. The van der Waals surface area contributed by atoms with Gasteiger partial charge in [0.15, 0.2) is 0 Å². The molecule has 1 aliphatic rings. The first kappa shape index (κ1) is 19.6. The first-order chi connectivity index (χ1) is 13.3. The molecule has 28 heavy (non-hydrogen) atoms. The lowest BCUT2D eigenvalue weighted by Gasteiger charge is -2.18. The number of carbonyl (C=O) groups is 3. The van der Waals surface area contributed by atoms with E-state index in [-0.39, 0.29) is 18.2 Å². The van der Waals surface area contributed by atoms with E-state index >= 15 is 0 Å². The van der Waals surface area contributed by atoms with Gasteiger partial charge >= 0.3 is 5.97 Å². The van der Waals surface area contributed by atoms with Gasteiger partial charge in [0.25, 0.3) is 0 Å². The zero-order chi connectivity index (χ0) is 20.3. The lowest BCUT2D eigenvalue weighted by Crippen LogP contribution is -2.33. The highest BCUT2D eigenvalue weighted by atomic mass is 16.4. The molecule has 0 radical (unpaired) electrons. The van der Waals surface area contributed by atoms with Crippen LogP contribution in [0.15, 0.2) is 48.5 Å². The number of carbonyl (C=O) groups excluding carboxylic acids is 2. The van der Waals surface area contributed by atoms with Gasteiger partial charge < -0.3 is 15.3 Å². The van der Waals surface area contributed by atoms with Crippen LogP contribution in [0.2, 0.25) is 0 Å². The molecule has 1 fully saturated rings. The number of benzene rings is 2. The number of anilines is 2. The molecule has 2 aromatic carbocycles. The third-order valence-electron chi connectivity index (χ3n) is 4.94. The molecule has 1 aliphatic heterocycles. The Morgan fingerprint density at radius 3 is 2.54 bits per heavy atom. The van der Waals surface area contributed by atoms with Crippen molar-refractivity contribution in [2.45, 2.75) is 32.6 Å². The second-order valence-corrected chi connectivity index (χ2v) is 7.34. The summed E-state index contributed by atoms with van der Waals surface area (Å²) in [6.45, 7) is 4.72. The van der Waals surface area contributed by atoms with E-state index in [1.54, 1.807) is 29.2 Å². The Morgan fingerprint density at radius 1 is 1.18 bits per heavy atom. The minimum atomic E-state index is -0.937. The van der Waals surface area contributed by atoms with Crippen molar-refractivity contribution in [2.75, 3.05) is 16.8 Å². The fourth-order valence-corrected chi connectivity index (χ4v) is 3.38. The van der Waals surface area contributed by atoms with Crippen LogP contribution in [0, 0.1) is 5.92 Å². The predicted octanol–water partition coefficient (Wildman–Crippen LogP) is 3.43. The van der Waals surface area contributed by atoms with Gasteiger partial charge in [-0.2, -0.15) is 0 Å². The standard InChI is InChI=1S/C22H24N2O4/c1-14(2)16-6-8-18(9-7-16)24-11-10-19(22(24)28)21(27)23-17-5-3-4-15(12-17)13-20(25)26/h3-9,12,14,19H,10-11,13H2,1-2H3,(H,23,27)(H,25,26). The Morgan fingerprint density at radius 2 is 1.89 bits per heavy atom. The lowest BCUT2D eigenvalue weighted by atomic mass is 10.0. The molecule has 0 saturated carbocycles. The second kappa shape index (κ2) is 8.25. The van der Waals surface area contributed by atoms with Gasteiger partial charge in [-0.05, 0) is 47.7 Å². The van der Waals surface area contributed by atoms with Crippen molar-refractivity contribution in [3.8, 4) is 0 Å². The summed E-state index contributed by atoms with van der Waals surface area (Å²) in [5.74, 6) is -1.84. The van der Waals surface area contributed by atoms with Crippen molar-refractivity contribution in [1.82, 2.24) is 0 Å². The molecule has 2 amide bonds. The van der Waals surface area contributed by atoms with Crippen LogP contribution in [-0.4, -0.2) is 29.4 Å². The molecule has 6 heteroatoms. The highest BCUT2D eigenvalue weighted by Gasteiger charge is 2.37. The molecule has 0 aliphatic carbocycles. The van der Waals surface area contributed by atoms with Crippen LogP contribution < -0.4 is 10.2 Å². The Labute approximate surface area is 164 Å². The Hall–Kier alpha value is -3.15. The van der Waals surface area contributed by atoms with Crippen molar-refractivity contribution in [3.63, 3.8) is 0 Å². The molecule has 0 aromatic heterocycles. The van der Waals surface area contributed by atoms with Gasteiger partial charge in [0.2, 0.25) is 11.8 Å². The maximum Gasteiger partial charge on any atom is 0.307 e. The number of hydrogen-bond donors (Lipinski definition) is 2. The fourth-order valence-electron chi connectivity index (χ4n) is 3.38. The molecule has 0 spiro atoms. The monoisotopic (exact) mass is 380 g/mol. The molecule has 146 valence electrons. The van der Waals surface area contributed by atoms with Gasteiger partial charge in [0.1, 0.15) is 5.92 Å². The second-order valence-electron chi connectivity index (χ2n) is 7.34. The summed E-state index contributed by atoms with van der Waals surface area (Å²) < 4.78 is 0. The van der Waals surface area contributed by atoms with Crippen molar-refractivity contribution in [2.24, 2.45) is 5.92 Å². The third-order valence-corrected chi connectivity index (χ3v) is 4.94. The summed E-state index contributed by atoms with van der Waals surface area (Å²) in [6.07, 6.45) is 0.331. The summed E-state index contributed by atoms with van der Waals surface area (Å²) in [5, 5.41) is 11.6. The van der Waals surface area contributed by atoms with Crippen LogP contribution in [0.3, 0.4) is 0 Å². The SMILES string of the molecule is CC(C)c1ccc(N2CCC(C(=O)Nc3cccc(CC(=O)O)c3)C2=O)cc1. The molecule has 0 bridgehead atoms. The lowest BCUT2D eigenvalue weighted by molar-refractivity contribution is -0.136. The quantitative estimate of drug-likeness (QED) is 0.752. The normalized spacial score (nSPS) is 16.5. The maximum atomic E-state index is 12.8. The molecule has 2 aromatic rings. The summed E-state index contributed by atoms with van der Waals surface area (Å²) in [7, 11) is 0. The highest BCUT2D eigenvalue weighted by molar-refractivity contribution is 6.13. The number of amides is 2. The van der Waals surface area contributed by atoms with Gasteiger partial charge in [-0.3, -0.25) is 14.4 Å². The van der Waals surface area contributed by atoms with Crippen LogP contribution in [-0.2, 0) is 20.8 Å². The van der Waals surface area contributed by atoms with Crippen LogP contribution >= 0.6 is 0 Å². The van der Waals surface area contributed by atoms with Gasteiger partial charge in [0, 0.05) is 17.9 Å². The van der Waals surface area contributed by atoms with Crippen LogP contribution in [0.25, 0.3) is 0 Å². The number of rotatable bonds is 6. The molecular formula is C22H24N2O4. The molecule has 1 heterocycles. The smallest absolute Gasteiger partial charge is 0.307 e. The van der Waals surface area contributed by atoms with E-state index in [4.69, 9.17) is 5.11 Å². The molecule has 3 rings (SSSR count). The minimum absolute atomic E-state index is 0.119. The zero-order valence-electron chi connectivity index (χ0n) is 16.0. The van der Waals surface area contributed by atoms with Crippen molar-refractivity contribution < 1.29 is 19.5 Å². The molecule has 1 saturated heterocycles. The maximum absolute atomic E-state index is 12.8. The summed E-state index contributed by atoms with van der Waals surface area (Å²) in [6, 6.07) is 14.5. The average molecular weight is 380 g/mol. The fraction of sp³-hybridized carbons (Fsp3) is 0.318. The van der Waals surface area contributed by atoms with Crippen molar-refractivity contribution >= 4 is 29.2 Å². The van der Waals surface area contributed by atoms with Gasteiger partial charge in [-0.25, -0.2) is 0 Å². The predicted molar refractivity (Wildman–Crippen MR) is 107 cm³/mol. The van der Waals surface area contributed by atoms with E-state index in [0.717, 1.165) is 5.69 Å². The van der Waals surface area contributed by atoms with Crippen molar-refractivity contribution in [3.05, 3.63) is 59.7 Å². The van der Waals surface area contributed by atoms with Gasteiger partial charge in [-0.15, -0.1) is 0 Å². The first-order valence-electron chi connectivity index (χ1n) is 9.38. The average Bonchev–Trinajstić information content (AvgIpc) is 3.03. The topological polar surface area (TPSA) is 86.7 Å². The Kier molecular flexibility index (Phi) is 5.78. The number of carboxylic acids is 1. The van der Waals surface area contributed by atoms with E-state index in [9.17, 15) is 14.4 Å². The van der Waals surface area contributed by atoms with E-state index in [0.29, 0.717) is 30.1 Å². The number of nitrogens with one attached hydrogen (secondary N) is 1. The number of nitrogens with zero attached hydrogens (tertiary/aromatic N) is 1. The molecule has 2 N–H and O–H groups in total. The largest absolute Gasteiger partial charge is 0.481 e. The van der Waals surface area contributed by atoms with E-state index in [1.807, 2.05) is 24.3 Å². The van der Waals surface area contributed by atoms with E-state index in [2.05, 4.69) is 19.2 Å². The molecular weight excluding hydrogens is 356 g/mol. The van der Waals surface area contributed by atoms with E-state index in [1.165, 1.54) is 5.56 Å². The van der Waals surface area contributed by atoms with E-state index < -0.39 is 11.9 Å². The highest BCUT2D eigenvalue weighted by Crippen LogP contribution is 2.28. The van der Waals surface area contributed by atoms with Crippen molar-refractivity contribution in [1.29, 1.82) is 0 Å². The summed E-state index contributed by atoms with van der Waals surface area (Å²) in [4.78, 5) is 37.9. The molecule has 1 atom stereocenters. The Balaban J connectivity index is 1.67. The summed E-state index contributed by atoms with van der Waals surface area (Å²) >= 11 is 0. The van der Waals surface area contributed by atoms with Gasteiger partial charge in [0.05, 0.1) is 6.42 Å². The number of carboxylic acid groups (broad SMARTS) is 1. The van der Waals surface area contributed by atoms with Crippen LogP contribution in [0.1, 0.15) is 37.3 Å². The van der Waals surface area contributed by atoms with Gasteiger partial charge in [-0.1, -0.05) is 38.1 Å². The zero-order valence-corrected chi connectivity index (χ0v) is 16.0. The first-order valence-corrected chi connectivity index (χ1v) is 9.38. The molecule has 6 nitrogen and oxygen atoms in total.